The third-order valence-electron chi connectivity index (χ3n) is 6.31. The molecular weight excluding hydrogens is 508 g/mol. The van der Waals surface area contributed by atoms with E-state index in [2.05, 4.69) is 16.0 Å². The number of aromatic hydroxyl groups is 1. The highest BCUT2D eigenvalue weighted by molar-refractivity contribution is 6.11. The summed E-state index contributed by atoms with van der Waals surface area (Å²) in [5, 5.41) is 36.2. The zero-order chi connectivity index (χ0) is 28.5. The Balaban J connectivity index is 2.00. The summed E-state index contributed by atoms with van der Waals surface area (Å²) in [6.45, 7) is 2.20. The van der Waals surface area contributed by atoms with Crippen LogP contribution in [0.15, 0.2) is 54.6 Å². The summed E-state index contributed by atoms with van der Waals surface area (Å²) >= 11 is 0. The first-order valence-electron chi connectivity index (χ1n) is 12.5. The van der Waals surface area contributed by atoms with Gasteiger partial charge in [0.2, 0.25) is 0 Å². The number of phenolic OH excluding ortho intramolecular Hbond substituents is 1. The van der Waals surface area contributed by atoms with E-state index in [0.29, 0.717) is 5.56 Å². The quantitative estimate of drug-likeness (QED) is 0.107. The van der Waals surface area contributed by atoms with Crippen LogP contribution in [0, 0.1) is 5.41 Å². The van der Waals surface area contributed by atoms with E-state index in [-0.39, 0.29) is 56.7 Å². The molecule has 2 aromatic rings. The van der Waals surface area contributed by atoms with Crippen molar-refractivity contribution in [2.45, 2.75) is 43.9 Å². The summed E-state index contributed by atoms with van der Waals surface area (Å²) in [6, 6.07) is 13.8. The maximum atomic E-state index is 13.7. The van der Waals surface area contributed by atoms with Crippen LogP contribution in [-0.4, -0.2) is 70.8 Å². The topological polar surface area (TPSA) is 187 Å². The number of ketones is 1. The van der Waals surface area contributed by atoms with Crippen LogP contribution in [0.1, 0.15) is 42.1 Å². The minimum absolute atomic E-state index is 0.0275. The van der Waals surface area contributed by atoms with Gasteiger partial charge in [0, 0.05) is 12.0 Å². The summed E-state index contributed by atoms with van der Waals surface area (Å²) in [6.07, 6.45) is -1.14. The maximum absolute atomic E-state index is 13.7. The molecule has 2 aromatic carbocycles. The SMILES string of the molecule is CCOC(=O)NC(=N)C1(OC(NC(=O)c2ccccc2)(C(=O)O)C(=O)CCc2ccc(O)cc2)CCNCC1. The van der Waals surface area contributed by atoms with Gasteiger partial charge in [-0.3, -0.25) is 20.3 Å². The Kier molecular flexibility index (Phi) is 9.74. The number of nitrogens with one attached hydrogen (secondary N) is 4. The van der Waals surface area contributed by atoms with Gasteiger partial charge in [0.25, 0.3) is 5.91 Å². The minimum Gasteiger partial charge on any atom is -0.508 e. The van der Waals surface area contributed by atoms with E-state index in [9.17, 15) is 29.4 Å². The van der Waals surface area contributed by atoms with Crippen LogP contribution in [0.3, 0.4) is 0 Å². The summed E-state index contributed by atoms with van der Waals surface area (Å²) < 4.78 is 10.9. The van der Waals surface area contributed by atoms with Crippen LogP contribution in [0.25, 0.3) is 0 Å². The lowest BCUT2D eigenvalue weighted by atomic mass is 9.88. The lowest BCUT2D eigenvalue weighted by Crippen LogP contribution is -2.69. The number of carboxylic acids is 1. The van der Waals surface area contributed by atoms with Gasteiger partial charge < -0.3 is 30.3 Å². The first-order valence-corrected chi connectivity index (χ1v) is 12.5. The lowest BCUT2D eigenvalue weighted by Gasteiger charge is -2.43. The molecule has 3 rings (SSSR count). The number of hydrogen-bond donors (Lipinski definition) is 6. The standard InChI is InChI=1S/C27H32N4O8/c1-2-38-25(37)30-23(28)26(14-16-29-17-15-26)39-27(24(35)36,31-22(34)19-6-4-3-5-7-19)21(33)13-10-18-8-11-20(32)12-9-18/h3-9,11-12,29,32H,2,10,13-17H2,1H3,(H,31,34)(H,35,36)(H2,28,30,37). The molecule has 1 heterocycles. The van der Waals surface area contributed by atoms with E-state index >= 15 is 0 Å². The van der Waals surface area contributed by atoms with Gasteiger partial charge in [-0.15, -0.1) is 0 Å². The fraction of sp³-hybridized carbons (Fsp3) is 0.370. The Labute approximate surface area is 225 Å². The molecule has 0 saturated carbocycles. The number of rotatable bonds is 11. The van der Waals surface area contributed by atoms with Crippen molar-refractivity contribution in [1.82, 2.24) is 16.0 Å². The molecule has 0 spiro atoms. The average Bonchev–Trinajstić information content (AvgIpc) is 2.93. The third kappa shape index (κ3) is 7.18. The number of aliphatic carboxylic acids is 1. The number of benzene rings is 2. The Morgan fingerprint density at radius 2 is 1.69 bits per heavy atom. The van der Waals surface area contributed by atoms with Gasteiger partial charge in [0.15, 0.2) is 5.78 Å². The fourth-order valence-electron chi connectivity index (χ4n) is 4.20. The number of amidine groups is 1. The molecule has 6 N–H and O–H groups in total. The molecule has 1 atom stereocenters. The van der Waals surface area contributed by atoms with Crippen LogP contribution in [0.5, 0.6) is 5.75 Å². The lowest BCUT2D eigenvalue weighted by molar-refractivity contribution is -0.193. The van der Waals surface area contributed by atoms with E-state index in [1.54, 1.807) is 37.3 Å². The van der Waals surface area contributed by atoms with E-state index < -0.39 is 40.9 Å². The molecule has 0 aliphatic carbocycles. The number of ether oxygens (including phenoxy) is 2. The zero-order valence-electron chi connectivity index (χ0n) is 21.5. The predicted molar refractivity (Wildman–Crippen MR) is 140 cm³/mol. The van der Waals surface area contributed by atoms with E-state index in [0.717, 1.165) is 0 Å². The first-order chi connectivity index (χ1) is 18.6. The minimum atomic E-state index is -2.89. The van der Waals surface area contributed by atoms with Crippen LogP contribution in [-0.2, 0) is 25.5 Å². The van der Waals surface area contributed by atoms with Crippen molar-refractivity contribution in [3.8, 4) is 5.75 Å². The third-order valence-corrected chi connectivity index (χ3v) is 6.31. The normalized spacial score (nSPS) is 15.8. The van der Waals surface area contributed by atoms with Crippen molar-refractivity contribution in [3.05, 3.63) is 65.7 Å². The second-order valence-electron chi connectivity index (χ2n) is 8.96. The zero-order valence-corrected chi connectivity index (χ0v) is 21.5. The van der Waals surface area contributed by atoms with Crippen molar-refractivity contribution in [2.75, 3.05) is 19.7 Å². The fourth-order valence-corrected chi connectivity index (χ4v) is 4.20. The Morgan fingerprint density at radius 1 is 1.05 bits per heavy atom. The van der Waals surface area contributed by atoms with E-state index in [1.807, 2.05) is 0 Å². The van der Waals surface area contributed by atoms with Gasteiger partial charge >= 0.3 is 17.8 Å². The molecule has 39 heavy (non-hydrogen) atoms. The van der Waals surface area contributed by atoms with Gasteiger partial charge in [-0.1, -0.05) is 30.3 Å². The summed E-state index contributed by atoms with van der Waals surface area (Å²) in [4.78, 5) is 51.8. The maximum Gasteiger partial charge on any atom is 0.412 e. The summed E-state index contributed by atoms with van der Waals surface area (Å²) in [5.74, 6) is -4.07. The molecule has 1 aliphatic heterocycles. The van der Waals surface area contributed by atoms with Crippen molar-refractivity contribution >= 4 is 29.6 Å². The van der Waals surface area contributed by atoms with Crippen LogP contribution in [0.4, 0.5) is 4.79 Å². The van der Waals surface area contributed by atoms with Crippen molar-refractivity contribution in [3.63, 3.8) is 0 Å². The number of phenols is 1. The molecular formula is C27H32N4O8. The summed E-state index contributed by atoms with van der Waals surface area (Å²) in [5.41, 5.74) is -3.89. The van der Waals surface area contributed by atoms with E-state index in [1.165, 1.54) is 24.3 Å². The smallest absolute Gasteiger partial charge is 0.412 e. The number of Topliss-reactive ketones (excluding diaryl/α,β-unsaturated/α-hetero) is 1. The van der Waals surface area contributed by atoms with Gasteiger partial charge in [0.05, 0.1) is 6.61 Å². The molecule has 1 unspecified atom stereocenters. The van der Waals surface area contributed by atoms with E-state index in [4.69, 9.17) is 14.9 Å². The number of alkyl carbamates (subject to hydrolysis) is 1. The van der Waals surface area contributed by atoms with Crippen molar-refractivity contribution < 1.29 is 38.9 Å². The van der Waals surface area contributed by atoms with Gasteiger partial charge in [-0.05, 0) is 69.1 Å². The average molecular weight is 541 g/mol. The van der Waals surface area contributed by atoms with Gasteiger partial charge in [0.1, 0.15) is 17.2 Å². The molecule has 12 nitrogen and oxygen atoms in total. The number of aryl methyl sites for hydroxylation is 1. The monoisotopic (exact) mass is 540 g/mol. The molecule has 1 fully saturated rings. The molecule has 0 bridgehead atoms. The van der Waals surface area contributed by atoms with Gasteiger partial charge in [-0.2, -0.15) is 0 Å². The second-order valence-corrected chi connectivity index (χ2v) is 8.96. The number of carbonyl (C=O) groups is 4. The Bertz CT molecular complexity index is 1200. The van der Waals surface area contributed by atoms with Crippen LogP contribution < -0.4 is 16.0 Å². The molecule has 208 valence electrons. The largest absolute Gasteiger partial charge is 0.508 e. The molecule has 2 amide bonds. The second kappa shape index (κ2) is 13.0. The van der Waals surface area contributed by atoms with Crippen molar-refractivity contribution in [1.29, 1.82) is 5.41 Å². The molecule has 12 heteroatoms. The highest BCUT2D eigenvalue weighted by Crippen LogP contribution is 2.31. The summed E-state index contributed by atoms with van der Waals surface area (Å²) in [7, 11) is 0. The highest BCUT2D eigenvalue weighted by Gasteiger charge is 2.56. The Hall–Kier alpha value is -4.29. The molecule has 0 radical (unpaired) electrons. The number of hydrogen-bond acceptors (Lipinski definition) is 9. The van der Waals surface area contributed by atoms with Gasteiger partial charge in [-0.25, -0.2) is 9.59 Å². The number of carbonyl (C=O) groups excluding carboxylic acids is 3. The number of carboxylic acid groups (broad SMARTS) is 1. The predicted octanol–water partition coefficient (Wildman–Crippen LogP) is 1.97. The van der Waals surface area contributed by atoms with Crippen molar-refractivity contribution in [2.24, 2.45) is 0 Å². The molecule has 1 aliphatic rings. The molecule has 1 saturated heterocycles. The number of piperidine rings is 1. The van der Waals surface area contributed by atoms with Crippen LogP contribution in [0.2, 0.25) is 0 Å². The molecule has 0 aromatic heterocycles. The highest BCUT2D eigenvalue weighted by atomic mass is 16.6. The first kappa shape index (κ1) is 29.3. The van der Waals surface area contributed by atoms with Crippen LogP contribution >= 0.6 is 0 Å². The number of amides is 2. The Morgan fingerprint density at radius 3 is 2.28 bits per heavy atom.